The van der Waals surface area contributed by atoms with Gasteiger partial charge in [-0.25, -0.2) is 0 Å². The van der Waals surface area contributed by atoms with Crippen LogP contribution in [0.3, 0.4) is 0 Å². The molecule has 0 spiro atoms. The number of hydrogen-bond donors (Lipinski definition) is 1. The maximum Gasteiger partial charge on any atom is 0.228 e. The van der Waals surface area contributed by atoms with Gasteiger partial charge in [0.15, 0.2) is 0 Å². The Kier molecular flexibility index (Phi) is 3.62. The molecule has 2 nitrogen and oxygen atoms in total. The summed E-state index contributed by atoms with van der Waals surface area (Å²) in [7, 11) is 0. The van der Waals surface area contributed by atoms with Crippen molar-refractivity contribution in [2.75, 3.05) is 5.32 Å². The zero-order chi connectivity index (χ0) is 14.1. The lowest BCUT2D eigenvalue weighted by atomic mass is 10.1. The molecule has 0 heterocycles. The van der Waals surface area contributed by atoms with Crippen LogP contribution in [0.2, 0.25) is 0 Å². The highest BCUT2D eigenvalue weighted by atomic mass is 79.9. The van der Waals surface area contributed by atoms with Crippen molar-refractivity contribution < 1.29 is 4.79 Å². The third-order valence-corrected chi connectivity index (χ3v) is 4.29. The molecule has 1 N–H and O–H groups in total. The first-order valence-corrected chi connectivity index (χ1v) is 7.56. The predicted molar refractivity (Wildman–Crippen MR) is 84.8 cm³/mol. The molecule has 0 aromatic heterocycles. The minimum Gasteiger partial charge on any atom is -0.326 e. The molecule has 1 fully saturated rings. The summed E-state index contributed by atoms with van der Waals surface area (Å²) < 4.78 is 1.03. The number of halogens is 1. The summed E-state index contributed by atoms with van der Waals surface area (Å²) in [5.41, 5.74) is 3.24. The summed E-state index contributed by atoms with van der Waals surface area (Å²) in [5, 5.41) is 3.04. The lowest BCUT2D eigenvalue weighted by Crippen LogP contribution is -2.15. The number of nitrogens with one attached hydrogen (secondary N) is 1. The molecule has 2 aromatic rings. The van der Waals surface area contributed by atoms with E-state index in [2.05, 4.69) is 33.4 Å². The molecule has 1 amide bonds. The van der Waals surface area contributed by atoms with Crippen LogP contribution in [0.5, 0.6) is 0 Å². The molecule has 2 aromatic carbocycles. The normalized spacial score (nSPS) is 20.5. The van der Waals surface area contributed by atoms with E-state index in [1.54, 1.807) is 0 Å². The van der Waals surface area contributed by atoms with Crippen LogP contribution in [-0.2, 0) is 4.79 Å². The van der Waals surface area contributed by atoms with Gasteiger partial charge in [0.05, 0.1) is 0 Å². The topological polar surface area (TPSA) is 29.1 Å². The van der Waals surface area contributed by atoms with Crippen molar-refractivity contribution >= 4 is 27.5 Å². The van der Waals surface area contributed by atoms with Gasteiger partial charge in [-0.15, -0.1) is 0 Å². The number of anilines is 1. The Morgan fingerprint density at radius 1 is 1.20 bits per heavy atom. The first-order valence-electron chi connectivity index (χ1n) is 6.77. The van der Waals surface area contributed by atoms with Crippen molar-refractivity contribution in [3.05, 3.63) is 64.1 Å². The van der Waals surface area contributed by atoms with E-state index in [0.717, 1.165) is 22.1 Å². The van der Waals surface area contributed by atoms with Crippen molar-refractivity contribution in [2.45, 2.75) is 19.3 Å². The van der Waals surface area contributed by atoms with Gasteiger partial charge in [0, 0.05) is 16.1 Å². The molecular formula is C17H16BrNO. The quantitative estimate of drug-likeness (QED) is 0.882. The van der Waals surface area contributed by atoms with E-state index < -0.39 is 0 Å². The summed E-state index contributed by atoms with van der Waals surface area (Å²) in [5.74, 6) is 0.622. The van der Waals surface area contributed by atoms with E-state index in [1.807, 2.05) is 43.3 Å². The molecule has 0 saturated heterocycles. The average Bonchev–Trinajstić information content (AvgIpc) is 3.23. The van der Waals surface area contributed by atoms with Gasteiger partial charge in [-0.1, -0.05) is 46.3 Å². The maximum absolute atomic E-state index is 12.3. The molecule has 102 valence electrons. The summed E-state index contributed by atoms with van der Waals surface area (Å²) in [6.45, 7) is 2.00. The molecule has 2 unspecified atom stereocenters. The highest BCUT2D eigenvalue weighted by Crippen LogP contribution is 2.47. The molecule has 3 rings (SSSR count). The van der Waals surface area contributed by atoms with Crippen molar-refractivity contribution in [3.63, 3.8) is 0 Å². The van der Waals surface area contributed by atoms with E-state index in [4.69, 9.17) is 0 Å². The molecule has 1 aliphatic carbocycles. The van der Waals surface area contributed by atoms with Crippen LogP contribution in [0.1, 0.15) is 23.5 Å². The zero-order valence-electron chi connectivity index (χ0n) is 11.3. The summed E-state index contributed by atoms with van der Waals surface area (Å²) in [6, 6.07) is 16.2. The monoisotopic (exact) mass is 329 g/mol. The van der Waals surface area contributed by atoms with E-state index in [-0.39, 0.29) is 11.8 Å². The number of hydrogen-bond acceptors (Lipinski definition) is 1. The van der Waals surface area contributed by atoms with Gasteiger partial charge in [0.2, 0.25) is 5.91 Å². The van der Waals surface area contributed by atoms with Crippen molar-refractivity contribution in [2.24, 2.45) is 5.92 Å². The highest BCUT2D eigenvalue weighted by molar-refractivity contribution is 9.10. The van der Waals surface area contributed by atoms with Gasteiger partial charge < -0.3 is 5.32 Å². The van der Waals surface area contributed by atoms with Crippen LogP contribution >= 0.6 is 15.9 Å². The number of amides is 1. The van der Waals surface area contributed by atoms with Gasteiger partial charge in [-0.05, 0) is 48.6 Å². The highest BCUT2D eigenvalue weighted by Gasteiger charge is 2.43. The Balaban J connectivity index is 1.67. The molecule has 0 aliphatic heterocycles. The van der Waals surface area contributed by atoms with E-state index in [9.17, 15) is 4.79 Å². The molecular weight excluding hydrogens is 314 g/mol. The molecule has 2 atom stereocenters. The zero-order valence-corrected chi connectivity index (χ0v) is 12.9. The van der Waals surface area contributed by atoms with Crippen LogP contribution < -0.4 is 5.32 Å². The van der Waals surface area contributed by atoms with Crippen LogP contribution in [0.4, 0.5) is 5.69 Å². The first-order chi connectivity index (χ1) is 9.65. The van der Waals surface area contributed by atoms with Gasteiger partial charge >= 0.3 is 0 Å². The molecule has 0 radical (unpaired) electrons. The lowest BCUT2D eigenvalue weighted by molar-refractivity contribution is -0.117. The fraction of sp³-hybridized carbons (Fsp3) is 0.235. The summed E-state index contributed by atoms with van der Waals surface area (Å²) in [4.78, 5) is 12.3. The summed E-state index contributed by atoms with van der Waals surface area (Å²) >= 11 is 3.43. The fourth-order valence-electron chi connectivity index (χ4n) is 2.55. The van der Waals surface area contributed by atoms with E-state index in [1.165, 1.54) is 5.56 Å². The Bertz CT molecular complexity index is 639. The largest absolute Gasteiger partial charge is 0.326 e. The Hall–Kier alpha value is -1.61. The molecule has 3 heteroatoms. The number of aryl methyl sites for hydroxylation is 1. The maximum atomic E-state index is 12.3. The first kappa shape index (κ1) is 13.4. The minimum absolute atomic E-state index is 0.112. The lowest BCUT2D eigenvalue weighted by Gasteiger charge is -2.08. The Morgan fingerprint density at radius 3 is 2.65 bits per heavy atom. The third-order valence-electron chi connectivity index (χ3n) is 3.80. The van der Waals surface area contributed by atoms with Gasteiger partial charge in [-0.2, -0.15) is 0 Å². The number of benzene rings is 2. The van der Waals surface area contributed by atoms with Crippen molar-refractivity contribution in [1.29, 1.82) is 0 Å². The molecule has 1 aliphatic rings. The SMILES string of the molecule is Cc1cc(Br)ccc1NC(=O)C1CC1c1ccccc1. The molecule has 1 saturated carbocycles. The van der Waals surface area contributed by atoms with Crippen molar-refractivity contribution in [1.82, 2.24) is 0 Å². The number of carbonyl (C=O) groups is 1. The van der Waals surface area contributed by atoms with Crippen LogP contribution in [0, 0.1) is 12.8 Å². The minimum atomic E-state index is 0.112. The average molecular weight is 330 g/mol. The smallest absolute Gasteiger partial charge is 0.228 e. The fourth-order valence-corrected chi connectivity index (χ4v) is 3.02. The summed E-state index contributed by atoms with van der Waals surface area (Å²) in [6.07, 6.45) is 0.950. The van der Waals surface area contributed by atoms with Gasteiger partial charge in [-0.3, -0.25) is 4.79 Å². The third kappa shape index (κ3) is 2.78. The molecule has 20 heavy (non-hydrogen) atoms. The van der Waals surface area contributed by atoms with Gasteiger partial charge in [0.1, 0.15) is 0 Å². The van der Waals surface area contributed by atoms with Gasteiger partial charge in [0.25, 0.3) is 0 Å². The second-order valence-electron chi connectivity index (χ2n) is 5.31. The van der Waals surface area contributed by atoms with E-state index in [0.29, 0.717) is 5.92 Å². The van der Waals surface area contributed by atoms with Crippen LogP contribution in [-0.4, -0.2) is 5.91 Å². The molecule has 0 bridgehead atoms. The number of rotatable bonds is 3. The second kappa shape index (κ2) is 5.41. The standard InChI is InChI=1S/C17H16BrNO/c1-11-9-13(18)7-8-16(11)19-17(20)15-10-14(15)12-5-3-2-4-6-12/h2-9,14-15H,10H2,1H3,(H,19,20). The number of carbonyl (C=O) groups excluding carboxylic acids is 1. The Morgan fingerprint density at radius 2 is 1.95 bits per heavy atom. The predicted octanol–water partition coefficient (Wildman–Crippen LogP) is 4.50. The van der Waals surface area contributed by atoms with E-state index >= 15 is 0 Å². The van der Waals surface area contributed by atoms with Crippen LogP contribution in [0.25, 0.3) is 0 Å². The Labute approximate surface area is 127 Å². The van der Waals surface area contributed by atoms with Crippen LogP contribution in [0.15, 0.2) is 53.0 Å². The second-order valence-corrected chi connectivity index (χ2v) is 6.22. The van der Waals surface area contributed by atoms with Crippen molar-refractivity contribution in [3.8, 4) is 0 Å².